The molecule has 0 aliphatic rings. The highest BCUT2D eigenvalue weighted by molar-refractivity contribution is 5.89. The number of carbonyl (C=O) groups is 1. The molecule has 6 nitrogen and oxygen atoms in total. The highest BCUT2D eigenvalue weighted by Crippen LogP contribution is 2.22. The Balaban J connectivity index is 2.17. The number of oxazole rings is 1. The Morgan fingerprint density at radius 1 is 1.26 bits per heavy atom. The first kappa shape index (κ1) is 11.3. The number of aromatic nitrogens is 3. The molecule has 3 rings (SSSR count). The molecule has 0 radical (unpaired) electrons. The highest BCUT2D eigenvalue weighted by atomic mass is 16.3. The summed E-state index contributed by atoms with van der Waals surface area (Å²) in [7, 11) is 0. The molecule has 94 valence electrons. The lowest BCUT2D eigenvalue weighted by Crippen LogP contribution is -2.16. The minimum atomic E-state index is -0.648. The summed E-state index contributed by atoms with van der Waals surface area (Å²) >= 11 is 0. The van der Waals surface area contributed by atoms with E-state index < -0.39 is 5.91 Å². The van der Waals surface area contributed by atoms with Crippen LogP contribution in [0.2, 0.25) is 0 Å². The van der Waals surface area contributed by atoms with E-state index in [9.17, 15) is 4.79 Å². The molecule has 6 heteroatoms. The fraction of sp³-hybridized carbons (Fsp3) is 0.0769. The maximum absolute atomic E-state index is 11.2. The predicted octanol–water partition coefficient (Wildman–Crippen LogP) is 1.69. The summed E-state index contributed by atoms with van der Waals surface area (Å²) in [6.45, 7) is 1.78. The zero-order chi connectivity index (χ0) is 13.4. The molecule has 2 heterocycles. The van der Waals surface area contributed by atoms with E-state index in [2.05, 4.69) is 15.0 Å². The van der Waals surface area contributed by atoms with Crippen LogP contribution in [0.5, 0.6) is 0 Å². The van der Waals surface area contributed by atoms with Crippen LogP contribution >= 0.6 is 0 Å². The molecule has 0 spiro atoms. The zero-order valence-electron chi connectivity index (χ0n) is 10.1. The van der Waals surface area contributed by atoms with Gasteiger partial charge in [-0.3, -0.25) is 4.79 Å². The second-order valence-electron chi connectivity index (χ2n) is 4.12. The minimum absolute atomic E-state index is 0.00710. The Morgan fingerprint density at radius 3 is 2.89 bits per heavy atom. The summed E-state index contributed by atoms with van der Waals surface area (Å²) in [5.41, 5.74) is 8.76. The molecule has 0 saturated carbocycles. The van der Waals surface area contributed by atoms with Crippen molar-refractivity contribution >= 4 is 17.0 Å². The van der Waals surface area contributed by atoms with Gasteiger partial charge in [0.15, 0.2) is 12.0 Å². The lowest BCUT2D eigenvalue weighted by atomic mass is 10.1. The van der Waals surface area contributed by atoms with E-state index >= 15 is 0 Å². The van der Waals surface area contributed by atoms with Crippen molar-refractivity contribution in [3.05, 3.63) is 42.2 Å². The van der Waals surface area contributed by atoms with Gasteiger partial charge in [0.1, 0.15) is 5.52 Å². The van der Waals surface area contributed by atoms with Crippen LogP contribution in [0.15, 0.2) is 35.1 Å². The molecule has 0 bridgehead atoms. The van der Waals surface area contributed by atoms with Gasteiger partial charge in [-0.2, -0.15) is 0 Å². The first-order valence-corrected chi connectivity index (χ1v) is 5.62. The van der Waals surface area contributed by atoms with Gasteiger partial charge in [0, 0.05) is 11.3 Å². The average Bonchev–Trinajstić information content (AvgIpc) is 2.85. The van der Waals surface area contributed by atoms with Crippen molar-refractivity contribution in [2.75, 3.05) is 0 Å². The number of aryl methyl sites for hydroxylation is 1. The van der Waals surface area contributed by atoms with Gasteiger partial charge in [-0.15, -0.1) is 0 Å². The lowest BCUT2D eigenvalue weighted by Gasteiger charge is -2.04. The Morgan fingerprint density at radius 2 is 2.11 bits per heavy atom. The third-order valence-electron chi connectivity index (χ3n) is 2.70. The van der Waals surface area contributed by atoms with Crippen molar-refractivity contribution in [2.45, 2.75) is 6.92 Å². The Hall–Kier alpha value is -2.76. The number of rotatable bonds is 2. The van der Waals surface area contributed by atoms with Crippen molar-refractivity contribution in [3.8, 4) is 11.3 Å². The Labute approximate surface area is 108 Å². The van der Waals surface area contributed by atoms with Crippen molar-refractivity contribution in [2.24, 2.45) is 5.73 Å². The quantitative estimate of drug-likeness (QED) is 0.750. The van der Waals surface area contributed by atoms with Gasteiger partial charge in [-0.25, -0.2) is 15.0 Å². The summed E-state index contributed by atoms with van der Waals surface area (Å²) in [5, 5.41) is 0. The molecule has 2 aromatic heterocycles. The van der Waals surface area contributed by atoms with Gasteiger partial charge in [-0.05, 0) is 25.1 Å². The van der Waals surface area contributed by atoms with Crippen LogP contribution in [0.1, 0.15) is 16.3 Å². The molecule has 3 aromatic rings. The molecule has 2 N–H and O–H groups in total. The van der Waals surface area contributed by atoms with Gasteiger partial charge in [0.2, 0.25) is 5.82 Å². The maximum Gasteiger partial charge on any atom is 0.286 e. The van der Waals surface area contributed by atoms with Gasteiger partial charge in [-0.1, -0.05) is 6.07 Å². The molecule has 19 heavy (non-hydrogen) atoms. The number of hydrogen-bond donors (Lipinski definition) is 1. The van der Waals surface area contributed by atoms with Crippen molar-refractivity contribution < 1.29 is 9.21 Å². The Bertz CT molecular complexity index is 779. The molecule has 0 aliphatic heterocycles. The number of nitrogens with zero attached hydrogens (tertiary/aromatic N) is 3. The number of fused-ring (bicyclic) bond motifs is 1. The molecule has 1 aromatic carbocycles. The molecule has 0 atom stereocenters. The topological polar surface area (TPSA) is 94.9 Å². The largest absolute Gasteiger partial charge is 0.443 e. The smallest absolute Gasteiger partial charge is 0.286 e. The van der Waals surface area contributed by atoms with Gasteiger partial charge in [0.05, 0.1) is 5.69 Å². The van der Waals surface area contributed by atoms with Gasteiger partial charge >= 0.3 is 0 Å². The SMILES string of the molecule is Cc1cc(-c2ccc3ncoc3c2)nc(C(N)=O)n1. The van der Waals surface area contributed by atoms with Crippen LogP contribution in [0.4, 0.5) is 0 Å². The molecule has 0 aliphatic carbocycles. The molecule has 0 saturated heterocycles. The lowest BCUT2D eigenvalue weighted by molar-refractivity contribution is 0.0990. The second kappa shape index (κ2) is 4.16. The predicted molar refractivity (Wildman–Crippen MR) is 68.3 cm³/mol. The number of carbonyl (C=O) groups excluding carboxylic acids is 1. The Kier molecular flexibility index (Phi) is 2.49. The second-order valence-corrected chi connectivity index (χ2v) is 4.12. The number of benzene rings is 1. The highest BCUT2D eigenvalue weighted by Gasteiger charge is 2.10. The third-order valence-corrected chi connectivity index (χ3v) is 2.70. The molecule has 0 fully saturated rings. The molecular formula is C13H10N4O2. The summed E-state index contributed by atoms with van der Waals surface area (Å²) in [4.78, 5) is 23.4. The van der Waals surface area contributed by atoms with Crippen LogP contribution in [0, 0.1) is 6.92 Å². The molecular weight excluding hydrogens is 244 g/mol. The van der Waals surface area contributed by atoms with Crippen molar-refractivity contribution in [1.29, 1.82) is 0 Å². The van der Waals surface area contributed by atoms with Crippen molar-refractivity contribution in [3.63, 3.8) is 0 Å². The summed E-state index contributed by atoms with van der Waals surface area (Å²) in [5.74, 6) is -0.640. The number of nitrogens with two attached hydrogens (primary N) is 1. The van der Waals surface area contributed by atoms with E-state index in [1.807, 2.05) is 18.2 Å². The number of primary amides is 1. The summed E-state index contributed by atoms with van der Waals surface area (Å²) < 4.78 is 5.24. The van der Waals surface area contributed by atoms with Gasteiger partial charge < -0.3 is 10.2 Å². The summed E-state index contributed by atoms with van der Waals surface area (Å²) in [6.07, 6.45) is 1.38. The fourth-order valence-electron chi connectivity index (χ4n) is 1.84. The van der Waals surface area contributed by atoms with E-state index in [-0.39, 0.29) is 5.82 Å². The number of amides is 1. The van der Waals surface area contributed by atoms with Crippen molar-refractivity contribution in [1.82, 2.24) is 15.0 Å². The minimum Gasteiger partial charge on any atom is -0.443 e. The summed E-state index contributed by atoms with van der Waals surface area (Å²) in [6, 6.07) is 7.28. The normalized spacial score (nSPS) is 10.8. The van der Waals surface area contributed by atoms with E-state index in [1.54, 1.807) is 13.0 Å². The van der Waals surface area contributed by atoms with Crippen LogP contribution in [-0.4, -0.2) is 20.9 Å². The fourth-order valence-corrected chi connectivity index (χ4v) is 1.84. The van der Waals surface area contributed by atoms with E-state index in [0.717, 1.165) is 11.1 Å². The van der Waals surface area contributed by atoms with E-state index in [1.165, 1.54) is 6.39 Å². The molecule has 1 amide bonds. The van der Waals surface area contributed by atoms with Gasteiger partial charge in [0.25, 0.3) is 5.91 Å². The van der Waals surface area contributed by atoms with Crippen LogP contribution in [-0.2, 0) is 0 Å². The van der Waals surface area contributed by atoms with Crippen LogP contribution in [0.3, 0.4) is 0 Å². The molecule has 0 unspecified atom stereocenters. The first-order chi connectivity index (χ1) is 9.13. The zero-order valence-corrected chi connectivity index (χ0v) is 10.1. The van der Waals surface area contributed by atoms with Crippen LogP contribution < -0.4 is 5.73 Å². The first-order valence-electron chi connectivity index (χ1n) is 5.62. The van der Waals surface area contributed by atoms with Crippen LogP contribution in [0.25, 0.3) is 22.4 Å². The maximum atomic E-state index is 11.2. The van der Waals surface area contributed by atoms with E-state index in [0.29, 0.717) is 17.0 Å². The average molecular weight is 254 g/mol. The standard InChI is InChI=1S/C13H10N4O2/c1-7-4-10(17-13(16-7)12(14)18)8-2-3-9-11(5-8)19-6-15-9/h2-6H,1H3,(H2,14,18). The monoisotopic (exact) mass is 254 g/mol. The third kappa shape index (κ3) is 2.03. The van der Waals surface area contributed by atoms with E-state index in [4.69, 9.17) is 10.2 Å². The number of hydrogen-bond acceptors (Lipinski definition) is 5.